The number of hydrogen-bond donors (Lipinski definition) is 0. The molecule has 22 heavy (non-hydrogen) atoms. The van der Waals surface area contributed by atoms with E-state index in [4.69, 9.17) is 9.47 Å². The van der Waals surface area contributed by atoms with E-state index in [1.165, 1.54) is 70.6 Å². The van der Waals surface area contributed by atoms with E-state index in [1.54, 1.807) is 0 Å². The average Bonchev–Trinajstić information content (AvgIpc) is 2.59. The maximum absolute atomic E-state index is 6.15. The summed E-state index contributed by atoms with van der Waals surface area (Å²) in [6.07, 6.45) is 16.3. The van der Waals surface area contributed by atoms with Crippen molar-refractivity contribution < 1.29 is 9.47 Å². The Balaban J connectivity index is 1.80. The van der Waals surface area contributed by atoms with Crippen molar-refractivity contribution in [3.63, 3.8) is 0 Å². The van der Waals surface area contributed by atoms with Crippen LogP contribution in [0.4, 0.5) is 0 Å². The lowest BCUT2D eigenvalue weighted by molar-refractivity contribution is -0.113. The predicted octanol–water partition coefficient (Wildman–Crippen LogP) is 5.74. The second-order valence-corrected chi connectivity index (χ2v) is 7.70. The molecule has 0 aromatic rings. The van der Waals surface area contributed by atoms with Crippen LogP contribution in [0.1, 0.15) is 90.9 Å². The molecule has 0 aromatic carbocycles. The molecule has 2 aliphatic rings. The van der Waals surface area contributed by atoms with Gasteiger partial charge in [0.1, 0.15) is 0 Å². The molecule has 2 nitrogen and oxygen atoms in total. The number of rotatable bonds is 8. The van der Waals surface area contributed by atoms with Gasteiger partial charge in [-0.25, -0.2) is 0 Å². The average molecular weight is 311 g/mol. The molecular formula is C20H38O2. The molecule has 2 aliphatic carbocycles. The summed E-state index contributed by atoms with van der Waals surface area (Å²) in [7, 11) is 1.96. The fourth-order valence-corrected chi connectivity index (χ4v) is 4.77. The second-order valence-electron chi connectivity index (χ2n) is 7.70. The molecule has 0 radical (unpaired) electrons. The molecule has 0 amide bonds. The SMILES string of the molecule is CCCC[C@H]1CC[C@@](OC)([C@H]2CC[C@H](OCCC)CC2)CC1. The molecule has 2 heteroatoms. The number of methoxy groups -OCH3 is 1. The molecule has 0 heterocycles. The van der Waals surface area contributed by atoms with Gasteiger partial charge in [-0.05, 0) is 69.6 Å². The molecule has 0 N–H and O–H groups in total. The Bertz CT molecular complexity index is 286. The molecule has 0 unspecified atom stereocenters. The first-order valence-corrected chi connectivity index (χ1v) is 9.90. The zero-order chi connectivity index (χ0) is 15.8. The Kier molecular flexibility index (Phi) is 7.70. The van der Waals surface area contributed by atoms with Crippen molar-refractivity contribution in [2.75, 3.05) is 13.7 Å². The Hall–Kier alpha value is -0.0800. The highest BCUT2D eigenvalue weighted by Crippen LogP contribution is 2.46. The zero-order valence-electron chi connectivity index (χ0n) is 15.2. The summed E-state index contributed by atoms with van der Waals surface area (Å²) in [6, 6.07) is 0. The van der Waals surface area contributed by atoms with E-state index in [0.29, 0.717) is 6.10 Å². The topological polar surface area (TPSA) is 18.5 Å². The highest BCUT2D eigenvalue weighted by atomic mass is 16.5. The minimum absolute atomic E-state index is 0.193. The molecule has 0 spiro atoms. The lowest BCUT2D eigenvalue weighted by Crippen LogP contribution is -2.45. The highest BCUT2D eigenvalue weighted by molar-refractivity contribution is 4.95. The van der Waals surface area contributed by atoms with E-state index in [-0.39, 0.29) is 5.60 Å². The minimum atomic E-state index is 0.193. The van der Waals surface area contributed by atoms with Crippen molar-refractivity contribution >= 4 is 0 Å². The summed E-state index contributed by atoms with van der Waals surface area (Å²) >= 11 is 0. The van der Waals surface area contributed by atoms with Crippen molar-refractivity contribution in [3.05, 3.63) is 0 Å². The monoisotopic (exact) mass is 310 g/mol. The summed E-state index contributed by atoms with van der Waals surface area (Å²) in [5, 5.41) is 0. The predicted molar refractivity (Wildman–Crippen MR) is 93.2 cm³/mol. The Morgan fingerprint density at radius 2 is 1.59 bits per heavy atom. The largest absolute Gasteiger partial charge is 0.378 e. The third-order valence-electron chi connectivity index (χ3n) is 6.30. The van der Waals surface area contributed by atoms with Crippen molar-refractivity contribution in [1.29, 1.82) is 0 Å². The fraction of sp³-hybridized carbons (Fsp3) is 1.00. The van der Waals surface area contributed by atoms with Crippen LogP contribution in [0.15, 0.2) is 0 Å². The quantitative estimate of drug-likeness (QED) is 0.569. The second kappa shape index (κ2) is 9.27. The first-order chi connectivity index (χ1) is 10.7. The number of unbranched alkanes of at least 4 members (excludes halogenated alkanes) is 1. The first kappa shape index (κ1) is 18.3. The van der Waals surface area contributed by atoms with Gasteiger partial charge in [0.05, 0.1) is 11.7 Å². The van der Waals surface area contributed by atoms with Gasteiger partial charge in [-0.3, -0.25) is 0 Å². The molecular weight excluding hydrogens is 272 g/mol. The third-order valence-corrected chi connectivity index (χ3v) is 6.30. The Labute approximate surface area is 138 Å². The van der Waals surface area contributed by atoms with Gasteiger partial charge in [0.15, 0.2) is 0 Å². The van der Waals surface area contributed by atoms with E-state index in [0.717, 1.165) is 24.9 Å². The van der Waals surface area contributed by atoms with Gasteiger partial charge in [-0.1, -0.05) is 33.1 Å². The summed E-state index contributed by atoms with van der Waals surface area (Å²) in [5.74, 6) is 1.73. The van der Waals surface area contributed by atoms with Gasteiger partial charge in [0, 0.05) is 13.7 Å². The fourth-order valence-electron chi connectivity index (χ4n) is 4.77. The molecule has 0 aromatic heterocycles. The summed E-state index contributed by atoms with van der Waals surface area (Å²) in [6.45, 7) is 5.44. The number of hydrogen-bond acceptors (Lipinski definition) is 2. The van der Waals surface area contributed by atoms with Crippen molar-refractivity contribution in [3.8, 4) is 0 Å². The van der Waals surface area contributed by atoms with Gasteiger partial charge in [0.25, 0.3) is 0 Å². The minimum Gasteiger partial charge on any atom is -0.378 e. The van der Waals surface area contributed by atoms with Crippen molar-refractivity contribution in [1.82, 2.24) is 0 Å². The molecule has 0 bridgehead atoms. The van der Waals surface area contributed by atoms with E-state index in [1.807, 2.05) is 7.11 Å². The zero-order valence-corrected chi connectivity index (χ0v) is 15.2. The van der Waals surface area contributed by atoms with Gasteiger partial charge >= 0.3 is 0 Å². The van der Waals surface area contributed by atoms with Gasteiger partial charge in [-0.2, -0.15) is 0 Å². The molecule has 2 rings (SSSR count). The molecule has 2 saturated carbocycles. The lowest BCUT2D eigenvalue weighted by Gasteiger charge is -2.47. The first-order valence-electron chi connectivity index (χ1n) is 9.90. The maximum Gasteiger partial charge on any atom is 0.0707 e. The van der Waals surface area contributed by atoms with Crippen LogP contribution in [-0.2, 0) is 9.47 Å². The van der Waals surface area contributed by atoms with Crippen LogP contribution in [0, 0.1) is 11.8 Å². The van der Waals surface area contributed by atoms with Crippen LogP contribution in [0.2, 0.25) is 0 Å². The van der Waals surface area contributed by atoms with E-state index in [9.17, 15) is 0 Å². The number of ether oxygens (including phenoxy) is 2. The third kappa shape index (κ3) is 4.71. The van der Waals surface area contributed by atoms with Crippen molar-refractivity contribution in [2.45, 2.75) is 103 Å². The Morgan fingerprint density at radius 3 is 2.14 bits per heavy atom. The summed E-state index contributed by atoms with van der Waals surface area (Å²) in [4.78, 5) is 0. The maximum atomic E-state index is 6.15. The van der Waals surface area contributed by atoms with E-state index >= 15 is 0 Å². The smallest absolute Gasteiger partial charge is 0.0707 e. The molecule has 130 valence electrons. The summed E-state index contributed by atoms with van der Waals surface area (Å²) in [5.41, 5.74) is 0.193. The van der Waals surface area contributed by atoms with Gasteiger partial charge in [-0.15, -0.1) is 0 Å². The Morgan fingerprint density at radius 1 is 0.909 bits per heavy atom. The van der Waals surface area contributed by atoms with Crippen LogP contribution in [-0.4, -0.2) is 25.4 Å². The summed E-state index contributed by atoms with van der Waals surface area (Å²) < 4.78 is 12.1. The van der Waals surface area contributed by atoms with Crippen molar-refractivity contribution in [2.24, 2.45) is 11.8 Å². The van der Waals surface area contributed by atoms with Crippen LogP contribution in [0.25, 0.3) is 0 Å². The van der Waals surface area contributed by atoms with E-state index in [2.05, 4.69) is 13.8 Å². The standard InChI is InChI=1S/C20H38O2/c1-4-6-7-17-12-14-20(21-3,15-13-17)18-8-10-19(11-9-18)22-16-5-2/h17-19H,4-16H2,1-3H3/t17-,18-,19-,20-. The normalized spacial score (nSPS) is 36.4. The molecule has 0 aliphatic heterocycles. The van der Waals surface area contributed by atoms with Gasteiger partial charge < -0.3 is 9.47 Å². The van der Waals surface area contributed by atoms with Gasteiger partial charge in [0.2, 0.25) is 0 Å². The van der Waals surface area contributed by atoms with Crippen LogP contribution >= 0.6 is 0 Å². The molecule has 0 atom stereocenters. The van der Waals surface area contributed by atoms with Crippen LogP contribution in [0.3, 0.4) is 0 Å². The van der Waals surface area contributed by atoms with E-state index < -0.39 is 0 Å². The van der Waals surface area contributed by atoms with Crippen LogP contribution < -0.4 is 0 Å². The molecule has 0 saturated heterocycles. The molecule has 2 fully saturated rings. The van der Waals surface area contributed by atoms with Crippen LogP contribution in [0.5, 0.6) is 0 Å². The lowest BCUT2D eigenvalue weighted by atomic mass is 9.66. The highest BCUT2D eigenvalue weighted by Gasteiger charge is 2.43.